The van der Waals surface area contributed by atoms with Crippen LogP contribution in [0, 0.1) is 0 Å². The lowest BCUT2D eigenvalue weighted by atomic mass is 9.33. The van der Waals surface area contributed by atoms with Gasteiger partial charge in [-0.15, -0.1) is 0 Å². The molecule has 0 amide bonds. The highest BCUT2D eigenvalue weighted by Gasteiger charge is 2.49. The molecule has 0 spiro atoms. The van der Waals surface area contributed by atoms with Gasteiger partial charge in [-0.3, -0.25) is 9.80 Å². The average molecular weight is 845 g/mol. The van der Waals surface area contributed by atoms with E-state index in [9.17, 15) is 0 Å². The number of fused-ring (bicyclic) bond motifs is 10. The second-order valence-electron chi connectivity index (χ2n) is 19.8. The summed E-state index contributed by atoms with van der Waals surface area (Å²) < 4.78 is 26.6. The molecule has 11 aromatic rings. The fourth-order valence-electron chi connectivity index (χ4n) is 10.4. The summed E-state index contributed by atoms with van der Waals surface area (Å²) in [5.41, 5.74) is 17.6. The van der Waals surface area contributed by atoms with Gasteiger partial charge in [0.05, 0.1) is 12.5 Å². The molecular weight excluding hydrogens is 799 g/mol. The summed E-state index contributed by atoms with van der Waals surface area (Å²) in [4.78, 5) is 4.68. The van der Waals surface area contributed by atoms with Crippen LogP contribution in [-0.2, 0) is 10.8 Å². The van der Waals surface area contributed by atoms with Gasteiger partial charge in [-0.1, -0.05) is 120 Å². The van der Waals surface area contributed by atoms with E-state index < -0.39 is 0 Å². The molecule has 0 bridgehead atoms. The summed E-state index contributed by atoms with van der Waals surface area (Å²) >= 11 is 0. The lowest BCUT2D eigenvalue weighted by Gasteiger charge is -2.40. The van der Waals surface area contributed by atoms with Crippen molar-refractivity contribution in [1.82, 2.24) is 0 Å². The number of hydrogen-bond donors (Lipinski definition) is 0. The third kappa shape index (κ3) is 5.61. The van der Waals surface area contributed by atoms with Crippen LogP contribution in [0.5, 0.6) is 0 Å². The topological polar surface area (TPSA) is 59.0 Å². The van der Waals surface area contributed by atoms with Crippen molar-refractivity contribution in [3.8, 4) is 22.3 Å². The number of hydrogen-bond acceptors (Lipinski definition) is 6. The van der Waals surface area contributed by atoms with Gasteiger partial charge in [0.1, 0.15) is 22.3 Å². The molecule has 7 aromatic carbocycles. The summed E-state index contributed by atoms with van der Waals surface area (Å²) in [7, 11) is 0. The summed E-state index contributed by atoms with van der Waals surface area (Å²) in [5, 5.41) is 4.37. The number of anilines is 6. The van der Waals surface area contributed by atoms with Gasteiger partial charge in [0.2, 0.25) is 11.8 Å². The third-order valence-electron chi connectivity index (χ3n) is 13.8. The van der Waals surface area contributed by atoms with Gasteiger partial charge in [-0.2, -0.15) is 0 Å². The highest BCUT2D eigenvalue weighted by molar-refractivity contribution is 7.02. The number of nitrogens with zero attached hydrogens (tertiary/aromatic N) is 2. The van der Waals surface area contributed by atoms with Crippen molar-refractivity contribution in [2.45, 2.75) is 52.4 Å². The van der Waals surface area contributed by atoms with E-state index in [1.54, 1.807) is 0 Å². The van der Waals surface area contributed by atoms with Crippen molar-refractivity contribution in [2.24, 2.45) is 0 Å². The Morgan fingerprint density at radius 3 is 1.31 bits per heavy atom. The highest BCUT2D eigenvalue weighted by Crippen LogP contribution is 2.49. The first kappa shape index (κ1) is 37.9. The van der Waals surface area contributed by atoms with Gasteiger partial charge in [0.15, 0.2) is 0 Å². The molecule has 0 fully saturated rings. The van der Waals surface area contributed by atoms with Crippen LogP contribution >= 0.6 is 0 Å². The van der Waals surface area contributed by atoms with E-state index in [0.29, 0.717) is 0 Å². The number of benzene rings is 7. The molecule has 314 valence electrons. The fraction of sp³-hybridized carbons (Fsp3) is 0.138. The molecular formula is C58H45BN2O4. The predicted molar refractivity (Wildman–Crippen MR) is 268 cm³/mol. The van der Waals surface area contributed by atoms with Crippen molar-refractivity contribution < 1.29 is 17.7 Å². The van der Waals surface area contributed by atoms with Gasteiger partial charge in [0, 0.05) is 66.3 Å². The summed E-state index contributed by atoms with van der Waals surface area (Å²) in [6.07, 6.45) is 3.74. The molecule has 0 aliphatic carbocycles. The van der Waals surface area contributed by atoms with Crippen molar-refractivity contribution in [1.29, 1.82) is 0 Å². The molecule has 4 aromatic heterocycles. The van der Waals surface area contributed by atoms with Crippen LogP contribution < -0.4 is 26.2 Å². The first-order chi connectivity index (χ1) is 31.5. The standard InChI is InChI=1S/C58H45BN2O4/c1-57(2,3)36-24-26-50-42(30-36)52-55(64-50)60(38-16-11-14-34(28-38)44-32-62-48-22-9-7-18-40(44)48)46-20-13-21-47-54(46)59(52)53-43-31-37(58(4,5)6)25-27-51(43)65-56(53)61(47)39-17-12-15-35(29-39)45-33-63-49-23-10-8-19-41(45)49/h7-33H,1-6H3. The minimum Gasteiger partial charge on any atom is -0.464 e. The smallest absolute Gasteiger partial charge is 0.262 e. The van der Waals surface area contributed by atoms with Crippen LogP contribution in [0.2, 0.25) is 0 Å². The Hall–Kier alpha value is -7.64. The van der Waals surface area contributed by atoms with Crippen LogP contribution in [-0.4, -0.2) is 6.71 Å². The van der Waals surface area contributed by atoms with E-state index in [4.69, 9.17) is 17.7 Å². The van der Waals surface area contributed by atoms with E-state index in [0.717, 1.165) is 112 Å². The molecule has 7 heteroatoms. The van der Waals surface area contributed by atoms with Crippen LogP contribution in [0.3, 0.4) is 0 Å². The predicted octanol–water partition coefficient (Wildman–Crippen LogP) is 14.7. The Kier molecular flexibility index (Phi) is 7.83. The van der Waals surface area contributed by atoms with Gasteiger partial charge in [0.25, 0.3) is 6.71 Å². The Morgan fingerprint density at radius 2 is 0.846 bits per heavy atom. The van der Waals surface area contributed by atoms with Crippen LogP contribution in [0.1, 0.15) is 52.7 Å². The van der Waals surface area contributed by atoms with Crippen molar-refractivity contribution >= 4 is 101 Å². The molecule has 0 atom stereocenters. The van der Waals surface area contributed by atoms with Crippen LogP contribution in [0.4, 0.5) is 34.5 Å². The van der Waals surface area contributed by atoms with Crippen molar-refractivity contribution in [3.63, 3.8) is 0 Å². The number of para-hydroxylation sites is 2. The van der Waals surface area contributed by atoms with Crippen molar-refractivity contribution in [3.05, 3.63) is 175 Å². The molecule has 65 heavy (non-hydrogen) atoms. The molecule has 2 aliphatic heterocycles. The quantitative estimate of drug-likeness (QED) is 0.165. The van der Waals surface area contributed by atoms with E-state index in [1.165, 1.54) is 16.6 Å². The lowest BCUT2D eigenvalue weighted by molar-refractivity contribution is 0.589. The largest absolute Gasteiger partial charge is 0.464 e. The van der Waals surface area contributed by atoms with E-state index in [2.05, 4.69) is 179 Å². The van der Waals surface area contributed by atoms with Crippen molar-refractivity contribution in [2.75, 3.05) is 9.80 Å². The summed E-state index contributed by atoms with van der Waals surface area (Å²) in [6, 6.07) is 54.2. The Morgan fingerprint density at radius 1 is 0.400 bits per heavy atom. The maximum absolute atomic E-state index is 7.22. The molecule has 0 saturated heterocycles. The fourth-order valence-corrected chi connectivity index (χ4v) is 10.4. The van der Waals surface area contributed by atoms with Gasteiger partial charge < -0.3 is 17.7 Å². The zero-order valence-electron chi connectivity index (χ0n) is 37.2. The van der Waals surface area contributed by atoms with Gasteiger partial charge in [-0.25, -0.2) is 0 Å². The first-order valence-electron chi connectivity index (χ1n) is 22.5. The van der Waals surface area contributed by atoms with Gasteiger partial charge >= 0.3 is 0 Å². The molecule has 0 unspecified atom stereocenters. The molecule has 13 rings (SSSR count). The summed E-state index contributed by atoms with van der Waals surface area (Å²) in [6.45, 7) is 13.5. The average Bonchev–Trinajstić information content (AvgIpc) is 4.11. The first-order valence-corrected chi connectivity index (χ1v) is 22.5. The van der Waals surface area contributed by atoms with Crippen LogP contribution in [0.25, 0.3) is 66.1 Å². The van der Waals surface area contributed by atoms with E-state index in [-0.39, 0.29) is 17.5 Å². The minimum absolute atomic E-state index is 0.0821. The Labute approximate surface area is 377 Å². The molecule has 0 saturated carbocycles. The zero-order valence-corrected chi connectivity index (χ0v) is 37.2. The third-order valence-corrected chi connectivity index (χ3v) is 13.8. The minimum atomic E-state index is -0.214. The molecule has 0 radical (unpaired) electrons. The molecule has 0 N–H and O–H groups in total. The monoisotopic (exact) mass is 844 g/mol. The number of furan rings is 4. The highest BCUT2D eigenvalue weighted by atomic mass is 16.4. The van der Waals surface area contributed by atoms with Gasteiger partial charge in [-0.05, 0) is 111 Å². The van der Waals surface area contributed by atoms with E-state index >= 15 is 0 Å². The SMILES string of the molecule is CC(C)(C)c1ccc2oc3c(c2c1)B1c2c(cccc2N(c2cccc(-c4coc5ccccc45)c2)c2oc4ccc(C(C)(C)C)cc4c21)N3c1cccc(-c2coc3ccccc23)c1. The molecule has 2 aliphatic rings. The summed E-state index contributed by atoms with van der Waals surface area (Å²) in [5.74, 6) is 1.62. The lowest BCUT2D eigenvalue weighted by Crippen LogP contribution is -2.60. The van der Waals surface area contributed by atoms with E-state index in [1.807, 2.05) is 36.8 Å². The second kappa shape index (κ2) is 13.4. The Balaban J connectivity index is 1.11. The van der Waals surface area contributed by atoms with Crippen LogP contribution in [0.15, 0.2) is 182 Å². The number of rotatable bonds is 4. The maximum Gasteiger partial charge on any atom is 0.262 e. The molecule has 6 heterocycles. The maximum atomic E-state index is 7.22. The second-order valence-corrected chi connectivity index (χ2v) is 19.8. The zero-order chi connectivity index (χ0) is 43.9. The Bertz CT molecular complexity index is 3500. The normalized spacial score (nSPS) is 13.6. The molecule has 6 nitrogen and oxygen atoms in total.